The van der Waals surface area contributed by atoms with Gasteiger partial charge in [0, 0.05) is 5.41 Å². The first-order valence-electron chi connectivity index (χ1n) is 5.62. The van der Waals surface area contributed by atoms with Crippen LogP contribution in [0.25, 0.3) is 0 Å². The molecule has 0 aromatic carbocycles. The maximum Gasteiger partial charge on any atom is 0.335 e. The van der Waals surface area contributed by atoms with Crippen molar-refractivity contribution in [1.82, 2.24) is 0 Å². The zero-order valence-electron chi connectivity index (χ0n) is 10.7. The molecule has 0 spiro atoms. The molecule has 11 heteroatoms. The van der Waals surface area contributed by atoms with E-state index in [4.69, 9.17) is 4.74 Å². The third-order valence-corrected chi connectivity index (χ3v) is 4.88. The van der Waals surface area contributed by atoms with E-state index in [1.54, 1.807) is 0 Å². The molecule has 1 saturated carbocycles. The average molecular weight is 315 g/mol. The zero-order valence-corrected chi connectivity index (χ0v) is 11.5. The summed E-state index contributed by atoms with van der Waals surface area (Å²) in [5.41, 5.74) is -5.33. The first-order valence-corrected chi connectivity index (χ1v) is 7.09. The molecular weight excluding hydrogens is 298 g/mol. The Balaban J connectivity index is 2.33. The second-order valence-corrected chi connectivity index (χ2v) is 6.81. The van der Waals surface area contributed by atoms with E-state index < -0.39 is 51.7 Å². The number of aliphatic hydroxyl groups is 5. The number of nitrogens with two attached hydrogens (primary N) is 1. The first-order chi connectivity index (χ1) is 8.74. The van der Waals surface area contributed by atoms with E-state index in [0.29, 0.717) is 0 Å². The molecular formula is C9H17NO9S. The van der Waals surface area contributed by atoms with Gasteiger partial charge in [0.1, 0.15) is 17.3 Å². The highest BCUT2D eigenvalue weighted by Gasteiger charge is 2.90. The normalized spacial score (nSPS) is 48.5. The summed E-state index contributed by atoms with van der Waals surface area (Å²) in [5, 5.41) is 54.6. The topological polar surface area (TPSA) is 180 Å². The Morgan fingerprint density at radius 1 is 1.35 bits per heavy atom. The molecule has 0 aromatic heterocycles. The van der Waals surface area contributed by atoms with E-state index in [1.807, 2.05) is 0 Å². The molecule has 118 valence electrons. The van der Waals surface area contributed by atoms with Crippen molar-refractivity contribution in [1.29, 1.82) is 0 Å². The van der Waals surface area contributed by atoms with Crippen LogP contribution in [-0.2, 0) is 19.2 Å². The molecule has 0 aromatic rings. The molecule has 7 N–H and O–H groups in total. The number of rotatable bonds is 3. The van der Waals surface area contributed by atoms with Crippen molar-refractivity contribution in [2.24, 2.45) is 10.6 Å². The third kappa shape index (κ3) is 1.63. The Morgan fingerprint density at radius 3 is 2.30 bits per heavy atom. The van der Waals surface area contributed by atoms with E-state index in [0.717, 1.165) is 0 Å². The minimum Gasteiger partial charge on any atom is -0.384 e. The van der Waals surface area contributed by atoms with Crippen molar-refractivity contribution in [2.75, 3.05) is 6.61 Å². The molecule has 5 atom stereocenters. The van der Waals surface area contributed by atoms with Crippen LogP contribution in [0.4, 0.5) is 0 Å². The molecule has 1 aliphatic heterocycles. The second kappa shape index (κ2) is 3.88. The summed E-state index contributed by atoms with van der Waals surface area (Å²) in [5.74, 6) is -2.97. The predicted octanol–water partition coefficient (Wildman–Crippen LogP) is -3.89. The monoisotopic (exact) mass is 315 g/mol. The van der Waals surface area contributed by atoms with Crippen LogP contribution < -0.4 is 5.14 Å². The van der Waals surface area contributed by atoms with Crippen molar-refractivity contribution in [3.63, 3.8) is 0 Å². The molecule has 1 aliphatic carbocycles. The van der Waals surface area contributed by atoms with Gasteiger partial charge in [0.15, 0.2) is 0 Å². The lowest BCUT2D eigenvalue weighted by Gasteiger charge is -2.42. The minimum absolute atomic E-state index is 0.658. The minimum atomic E-state index is -4.65. The van der Waals surface area contributed by atoms with Crippen LogP contribution in [-0.4, -0.2) is 69.9 Å². The maximum absolute atomic E-state index is 10.7. The zero-order chi connectivity index (χ0) is 15.8. The van der Waals surface area contributed by atoms with Crippen molar-refractivity contribution < 1.29 is 42.9 Å². The van der Waals surface area contributed by atoms with Gasteiger partial charge in [-0.2, -0.15) is 8.42 Å². The van der Waals surface area contributed by atoms with Gasteiger partial charge >= 0.3 is 10.3 Å². The summed E-state index contributed by atoms with van der Waals surface area (Å²) in [6.45, 7) is 2.14. The molecule has 1 heterocycles. The van der Waals surface area contributed by atoms with Gasteiger partial charge in [0.2, 0.25) is 12.1 Å². The Labute approximate surface area is 114 Å². The summed E-state index contributed by atoms with van der Waals surface area (Å²) < 4.78 is 30.1. The number of ether oxygens (including phenoxy) is 1. The molecule has 1 unspecified atom stereocenters. The molecule has 0 amide bonds. The highest BCUT2D eigenvalue weighted by atomic mass is 32.2. The summed E-state index contributed by atoms with van der Waals surface area (Å²) in [6, 6.07) is 0. The van der Waals surface area contributed by atoms with E-state index in [2.05, 4.69) is 9.32 Å². The largest absolute Gasteiger partial charge is 0.384 e. The Kier molecular flexibility index (Phi) is 3.11. The Bertz CT molecular complexity index is 536. The number of hydrogen-bond acceptors (Lipinski definition) is 9. The lowest BCUT2D eigenvalue weighted by Crippen LogP contribution is -2.66. The van der Waals surface area contributed by atoms with Gasteiger partial charge in [0.05, 0.1) is 6.61 Å². The van der Waals surface area contributed by atoms with Crippen LogP contribution in [0.5, 0.6) is 0 Å². The molecule has 2 aliphatic rings. The average Bonchev–Trinajstić information content (AvgIpc) is 2.63. The highest BCUT2D eigenvalue weighted by molar-refractivity contribution is 7.84. The van der Waals surface area contributed by atoms with Gasteiger partial charge in [-0.3, -0.25) is 0 Å². The first kappa shape index (κ1) is 16.0. The fourth-order valence-corrected chi connectivity index (χ4v) is 3.20. The Morgan fingerprint density at radius 2 is 1.85 bits per heavy atom. The van der Waals surface area contributed by atoms with Gasteiger partial charge < -0.3 is 30.3 Å². The predicted molar refractivity (Wildman–Crippen MR) is 60.8 cm³/mol. The number of aliphatic hydroxyl groups excluding tert-OH is 2. The summed E-state index contributed by atoms with van der Waals surface area (Å²) >= 11 is 0. The third-order valence-electron chi connectivity index (χ3n) is 4.43. The fourth-order valence-electron chi connectivity index (χ4n) is 2.81. The van der Waals surface area contributed by atoms with Gasteiger partial charge in [-0.25, -0.2) is 9.32 Å². The smallest absolute Gasteiger partial charge is 0.335 e. The SMILES string of the molecule is CC1(C)[C@]2(O)[C@H](O)[C@@](O)(C(O)OS(N)(=O)=O)OC[C@]12O. The number of fused-ring (bicyclic) bond motifs is 1. The van der Waals surface area contributed by atoms with E-state index >= 15 is 0 Å². The van der Waals surface area contributed by atoms with Crippen LogP contribution in [0.15, 0.2) is 0 Å². The number of hydrogen-bond donors (Lipinski definition) is 6. The van der Waals surface area contributed by atoms with Crippen LogP contribution in [0.1, 0.15) is 13.8 Å². The van der Waals surface area contributed by atoms with Crippen molar-refractivity contribution in [3.8, 4) is 0 Å². The van der Waals surface area contributed by atoms with E-state index in [1.165, 1.54) is 13.8 Å². The van der Waals surface area contributed by atoms with Crippen LogP contribution >= 0.6 is 0 Å². The second-order valence-electron chi connectivity index (χ2n) is 5.64. The van der Waals surface area contributed by atoms with Crippen LogP contribution in [0.3, 0.4) is 0 Å². The maximum atomic E-state index is 10.7. The summed E-state index contributed by atoms with van der Waals surface area (Å²) in [4.78, 5) is 0. The lowest BCUT2D eigenvalue weighted by molar-refractivity contribution is -0.378. The van der Waals surface area contributed by atoms with Crippen molar-refractivity contribution in [3.05, 3.63) is 0 Å². The van der Waals surface area contributed by atoms with E-state index in [9.17, 15) is 34.0 Å². The van der Waals surface area contributed by atoms with Gasteiger partial charge in [0.25, 0.3) is 0 Å². The summed E-state index contributed by atoms with van der Waals surface area (Å²) in [6.07, 6.45) is -4.82. The molecule has 1 saturated heterocycles. The van der Waals surface area contributed by atoms with Crippen molar-refractivity contribution in [2.45, 2.75) is 43.2 Å². The van der Waals surface area contributed by atoms with Crippen LogP contribution in [0.2, 0.25) is 0 Å². The quantitative estimate of drug-likeness (QED) is 0.284. The van der Waals surface area contributed by atoms with Gasteiger partial charge in [-0.15, -0.1) is 0 Å². The van der Waals surface area contributed by atoms with Gasteiger partial charge in [-0.1, -0.05) is 13.8 Å². The molecule has 20 heavy (non-hydrogen) atoms. The molecule has 0 bridgehead atoms. The molecule has 2 rings (SSSR count). The molecule has 10 nitrogen and oxygen atoms in total. The molecule has 0 radical (unpaired) electrons. The van der Waals surface area contributed by atoms with Gasteiger partial charge in [-0.05, 0) is 0 Å². The molecule has 2 fully saturated rings. The standard InChI is InChI=1S/C9H17NO9S/c1-6(2)7(13)3-18-8(14,4(11)9(6,7)15)5(12)19-20(10,16)17/h4-5,11-15H,3H2,1-2H3,(H2,10,16,17)/t4-,5?,7+,8+,9-/m1/s1. The fraction of sp³-hybridized carbons (Fsp3) is 1.00. The highest BCUT2D eigenvalue weighted by Crippen LogP contribution is 2.70. The summed E-state index contributed by atoms with van der Waals surface area (Å²) in [7, 11) is -4.65. The van der Waals surface area contributed by atoms with Crippen LogP contribution in [0, 0.1) is 5.41 Å². The lowest BCUT2D eigenvalue weighted by atomic mass is 9.94. The Hall–Kier alpha value is -0.370. The van der Waals surface area contributed by atoms with E-state index in [-0.39, 0.29) is 0 Å². The van der Waals surface area contributed by atoms with Crippen molar-refractivity contribution >= 4 is 10.3 Å².